The Morgan fingerprint density at radius 3 is 2.59 bits per heavy atom. The molecule has 0 spiro atoms. The number of benzene rings is 1. The lowest BCUT2D eigenvalue weighted by atomic mass is 10.0. The van der Waals surface area contributed by atoms with Crippen molar-refractivity contribution in [1.29, 1.82) is 0 Å². The average molecular weight is 255 g/mol. The van der Waals surface area contributed by atoms with Crippen molar-refractivity contribution in [3.8, 4) is 5.75 Å². The lowest BCUT2D eigenvalue weighted by Gasteiger charge is -2.18. The van der Waals surface area contributed by atoms with Crippen LogP contribution in [0.1, 0.15) is 37.6 Å². The van der Waals surface area contributed by atoms with Gasteiger partial charge in [-0.05, 0) is 44.4 Å². The van der Waals surface area contributed by atoms with Crippen molar-refractivity contribution in [2.45, 2.75) is 44.3 Å². The van der Waals surface area contributed by atoms with Crippen molar-refractivity contribution in [2.24, 2.45) is 0 Å². The molecule has 0 aliphatic carbocycles. The first kappa shape index (κ1) is 12.7. The van der Waals surface area contributed by atoms with Crippen LogP contribution in [-0.4, -0.2) is 18.8 Å². The van der Waals surface area contributed by atoms with Gasteiger partial charge in [0.05, 0.1) is 24.2 Å². The number of hydrogen-bond acceptors (Lipinski definition) is 2. The first-order valence-corrected chi connectivity index (χ1v) is 6.66. The minimum atomic E-state index is -0.0596. The molecule has 0 aromatic heterocycles. The second kappa shape index (κ2) is 5.74. The Balaban J connectivity index is 2.01. The van der Waals surface area contributed by atoms with Gasteiger partial charge in [0, 0.05) is 0 Å². The fraction of sp³-hybridized carbons (Fsp3) is 0.571. The molecule has 94 valence electrons. The van der Waals surface area contributed by atoms with Gasteiger partial charge < -0.3 is 9.47 Å². The minimum absolute atomic E-state index is 0.0596. The van der Waals surface area contributed by atoms with Gasteiger partial charge >= 0.3 is 0 Å². The van der Waals surface area contributed by atoms with E-state index in [9.17, 15) is 0 Å². The maximum atomic E-state index is 6.44. The average Bonchev–Trinajstić information content (AvgIpc) is 2.76. The van der Waals surface area contributed by atoms with Gasteiger partial charge in [-0.1, -0.05) is 12.1 Å². The largest absolute Gasteiger partial charge is 0.494 e. The first-order chi connectivity index (χ1) is 8.20. The number of hydrogen-bond donors (Lipinski definition) is 0. The van der Waals surface area contributed by atoms with Crippen LogP contribution in [0.25, 0.3) is 0 Å². The molecule has 1 heterocycles. The Kier molecular flexibility index (Phi) is 4.30. The molecule has 1 aliphatic heterocycles. The van der Waals surface area contributed by atoms with Crippen LogP contribution in [0.15, 0.2) is 24.3 Å². The predicted octanol–water partition coefficient (Wildman–Crippen LogP) is 3.93. The fourth-order valence-electron chi connectivity index (χ4n) is 2.18. The van der Waals surface area contributed by atoms with Crippen LogP contribution in [0.5, 0.6) is 5.75 Å². The van der Waals surface area contributed by atoms with Gasteiger partial charge in [-0.2, -0.15) is 0 Å². The van der Waals surface area contributed by atoms with E-state index in [4.69, 9.17) is 21.1 Å². The van der Waals surface area contributed by atoms with Crippen molar-refractivity contribution in [3.05, 3.63) is 29.8 Å². The summed E-state index contributed by atoms with van der Waals surface area (Å²) in [4.78, 5) is 0. The smallest absolute Gasteiger partial charge is 0.119 e. The molecule has 3 unspecified atom stereocenters. The Morgan fingerprint density at radius 2 is 2.06 bits per heavy atom. The summed E-state index contributed by atoms with van der Waals surface area (Å²) in [6.45, 7) is 4.76. The molecule has 1 fully saturated rings. The van der Waals surface area contributed by atoms with Gasteiger partial charge in [-0.15, -0.1) is 11.6 Å². The zero-order valence-electron chi connectivity index (χ0n) is 10.4. The summed E-state index contributed by atoms with van der Waals surface area (Å²) in [5, 5.41) is -0.0596. The first-order valence-electron chi connectivity index (χ1n) is 6.23. The number of halogens is 1. The highest BCUT2D eigenvalue weighted by atomic mass is 35.5. The minimum Gasteiger partial charge on any atom is -0.494 e. The number of ether oxygens (including phenoxy) is 2. The van der Waals surface area contributed by atoms with Crippen LogP contribution < -0.4 is 4.74 Å². The number of rotatable bonds is 4. The van der Waals surface area contributed by atoms with Gasteiger partial charge in [0.1, 0.15) is 5.75 Å². The predicted molar refractivity (Wildman–Crippen MR) is 69.8 cm³/mol. The highest BCUT2D eigenvalue weighted by Gasteiger charge is 2.29. The third kappa shape index (κ3) is 3.14. The third-order valence-electron chi connectivity index (χ3n) is 3.10. The van der Waals surface area contributed by atoms with E-state index in [1.54, 1.807) is 0 Å². The quantitative estimate of drug-likeness (QED) is 0.758. The van der Waals surface area contributed by atoms with E-state index in [0.29, 0.717) is 12.7 Å². The molecule has 3 heteroatoms. The van der Waals surface area contributed by atoms with Gasteiger partial charge in [0.2, 0.25) is 0 Å². The van der Waals surface area contributed by atoms with Crippen LogP contribution in [0.2, 0.25) is 0 Å². The highest BCUT2D eigenvalue weighted by molar-refractivity contribution is 6.21. The molecule has 17 heavy (non-hydrogen) atoms. The molecule has 1 aromatic rings. The Bertz CT molecular complexity index is 350. The van der Waals surface area contributed by atoms with E-state index < -0.39 is 0 Å². The van der Waals surface area contributed by atoms with E-state index in [1.165, 1.54) is 0 Å². The zero-order chi connectivity index (χ0) is 12.3. The van der Waals surface area contributed by atoms with Crippen molar-refractivity contribution in [3.63, 3.8) is 0 Å². The molecule has 0 N–H and O–H groups in total. The zero-order valence-corrected chi connectivity index (χ0v) is 11.1. The molecular weight excluding hydrogens is 236 g/mol. The fourth-order valence-corrected chi connectivity index (χ4v) is 2.51. The summed E-state index contributed by atoms with van der Waals surface area (Å²) in [6, 6.07) is 7.98. The normalized spacial score (nSPS) is 25.8. The van der Waals surface area contributed by atoms with Gasteiger partial charge in [-0.3, -0.25) is 0 Å². The van der Waals surface area contributed by atoms with E-state index in [-0.39, 0.29) is 11.5 Å². The Morgan fingerprint density at radius 1 is 1.35 bits per heavy atom. The summed E-state index contributed by atoms with van der Waals surface area (Å²) in [7, 11) is 0. The number of alkyl halides is 1. The summed E-state index contributed by atoms with van der Waals surface area (Å²) in [6.07, 6.45) is 2.63. The summed E-state index contributed by atoms with van der Waals surface area (Å²) < 4.78 is 11.2. The van der Waals surface area contributed by atoms with E-state index in [1.807, 2.05) is 31.2 Å². The maximum Gasteiger partial charge on any atom is 0.119 e. The molecule has 1 saturated heterocycles. The highest BCUT2D eigenvalue weighted by Crippen LogP contribution is 2.35. The van der Waals surface area contributed by atoms with Crippen LogP contribution in [0, 0.1) is 0 Å². The van der Waals surface area contributed by atoms with Crippen LogP contribution in [0.4, 0.5) is 0 Å². The van der Waals surface area contributed by atoms with Crippen molar-refractivity contribution in [2.75, 3.05) is 6.61 Å². The molecule has 0 saturated carbocycles. The van der Waals surface area contributed by atoms with E-state index >= 15 is 0 Å². The van der Waals surface area contributed by atoms with Crippen molar-refractivity contribution < 1.29 is 9.47 Å². The lowest BCUT2D eigenvalue weighted by Crippen LogP contribution is -2.14. The Hall–Kier alpha value is -0.730. The van der Waals surface area contributed by atoms with Gasteiger partial charge in [-0.25, -0.2) is 0 Å². The monoisotopic (exact) mass is 254 g/mol. The summed E-state index contributed by atoms with van der Waals surface area (Å²) in [5.41, 5.74) is 1.11. The topological polar surface area (TPSA) is 18.5 Å². The molecule has 1 aromatic carbocycles. The molecule has 0 radical (unpaired) electrons. The lowest BCUT2D eigenvalue weighted by molar-refractivity contribution is 0.0533. The van der Waals surface area contributed by atoms with Crippen molar-refractivity contribution in [1.82, 2.24) is 0 Å². The standard InChI is InChI=1S/C14H19ClO2/c1-3-16-12-7-5-11(6-8-12)14(15)13-9-4-10(2)17-13/h5-8,10,13-14H,3-4,9H2,1-2H3. The molecule has 1 aliphatic rings. The van der Waals surface area contributed by atoms with Crippen molar-refractivity contribution >= 4 is 11.6 Å². The van der Waals surface area contributed by atoms with E-state index in [2.05, 4.69) is 6.92 Å². The maximum absolute atomic E-state index is 6.44. The molecule has 0 bridgehead atoms. The summed E-state index contributed by atoms with van der Waals surface area (Å²) in [5.74, 6) is 0.890. The molecule has 3 atom stereocenters. The SMILES string of the molecule is CCOc1ccc(C(Cl)C2CCC(C)O2)cc1. The second-order valence-corrected chi connectivity index (χ2v) is 4.94. The van der Waals surface area contributed by atoms with Gasteiger partial charge in [0.15, 0.2) is 0 Å². The van der Waals surface area contributed by atoms with Crippen LogP contribution in [0.3, 0.4) is 0 Å². The van der Waals surface area contributed by atoms with E-state index in [0.717, 1.165) is 24.2 Å². The molecule has 2 rings (SSSR count). The Labute approximate surface area is 108 Å². The second-order valence-electron chi connectivity index (χ2n) is 4.47. The summed E-state index contributed by atoms with van der Waals surface area (Å²) >= 11 is 6.44. The van der Waals surface area contributed by atoms with Gasteiger partial charge in [0.25, 0.3) is 0 Å². The molecular formula is C14H19ClO2. The van der Waals surface area contributed by atoms with Crippen LogP contribution in [-0.2, 0) is 4.74 Å². The third-order valence-corrected chi connectivity index (χ3v) is 3.63. The molecule has 2 nitrogen and oxygen atoms in total. The molecule has 0 amide bonds. The van der Waals surface area contributed by atoms with Crippen LogP contribution >= 0.6 is 11.6 Å².